The Bertz CT molecular complexity index is 479. The van der Waals surface area contributed by atoms with E-state index in [0.717, 1.165) is 12.8 Å². The molecule has 1 aliphatic rings. The van der Waals surface area contributed by atoms with Gasteiger partial charge in [0.25, 0.3) is 0 Å². The highest BCUT2D eigenvalue weighted by Gasteiger charge is 2.22. The monoisotopic (exact) mass is 249 g/mol. The van der Waals surface area contributed by atoms with Crippen molar-refractivity contribution < 1.29 is 9.53 Å². The maximum Gasteiger partial charge on any atom is 0.139 e. The molecule has 4 heteroatoms. The van der Waals surface area contributed by atoms with Crippen LogP contribution in [0.15, 0.2) is 18.2 Å². The molecule has 1 atom stereocenters. The van der Waals surface area contributed by atoms with Gasteiger partial charge < -0.3 is 4.74 Å². The molecule has 0 bridgehead atoms. The number of hydrogen-bond donors (Lipinski definition) is 0. The van der Waals surface area contributed by atoms with Crippen LogP contribution in [0.25, 0.3) is 0 Å². The van der Waals surface area contributed by atoms with Gasteiger partial charge in [-0.2, -0.15) is 5.26 Å². The van der Waals surface area contributed by atoms with Gasteiger partial charge in [0.2, 0.25) is 0 Å². The number of Topliss-reactive ketones (excluding diaryl/α,β-unsaturated/α-hetero) is 1. The van der Waals surface area contributed by atoms with Gasteiger partial charge in [0, 0.05) is 12.8 Å². The minimum Gasteiger partial charge on any atom is -0.489 e. The molecule has 1 fully saturated rings. The second kappa shape index (κ2) is 5.20. The maximum absolute atomic E-state index is 11.3. The Kier molecular flexibility index (Phi) is 3.65. The summed E-state index contributed by atoms with van der Waals surface area (Å²) in [5.74, 6) is 0.696. The number of carbonyl (C=O) groups is 1. The highest BCUT2D eigenvalue weighted by molar-refractivity contribution is 6.31. The van der Waals surface area contributed by atoms with Crippen LogP contribution in [0, 0.1) is 11.3 Å². The number of halogens is 1. The first kappa shape index (κ1) is 11.9. The Morgan fingerprint density at radius 3 is 3.00 bits per heavy atom. The van der Waals surface area contributed by atoms with Crippen LogP contribution in [-0.2, 0) is 4.79 Å². The van der Waals surface area contributed by atoms with Crippen molar-refractivity contribution >= 4 is 17.4 Å². The third-order valence-electron chi connectivity index (χ3n) is 2.82. The van der Waals surface area contributed by atoms with Crippen molar-refractivity contribution in [1.29, 1.82) is 5.26 Å². The van der Waals surface area contributed by atoms with Gasteiger partial charge in [0.05, 0.1) is 5.02 Å². The van der Waals surface area contributed by atoms with Crippen LogP contribution in [0.5, 0.6) is 5.75 Å². The summed E-state index contributed by atoms with van der Waals surface area (Å²) < 4.78 is 5.70. The van der Waals surface area contributed by atoms with Gasteiger partial charge in [-0.05, 0) is 25.0 Å². The van der Waals surface area contributed by atoms with Crippen molar-refractivity contribution in [2.24, 2.45) is 0 Å². The van der Waals surface area contributed by atoms with E-state index < -0.39 is 0 Å². The van der Waals surface area contributed by atoms with Gasteiger partial charge in [-0.3, -0.25) is 4.79 Å². The molecule has 3 nitrogen and oxygen atoms in total. The quantitative estimate of drug-likeness (QED) is 0.809. The molecule has 17 heavy (non-hydrogen) atoms. The molecule has 2 rings (SSSR count). The lowest BCUT2D eigenvalue weighted by molar-refractivity contribution is -0.122. The van der Waals surface area contributed by atoms with Crippen molar-refractivity contribution in [1.82, 2.24) is 0 Å². The Labute approximate surface area is 105 Å². The van der Waals surface area contributed by atoms with E-state index in [2.05, 4.69) is 0 Å². The highest BCUT2D eigenvalue weighted by Crippen LogP contribution is 2.28. The highest BCUT2D eigenvalue weighted by atomic mass is 35.5. The Hall–Kier alpha value is -1.53. The summed E-state index contributed by atoms with van der Waals surface area (Å²) in [6.45, 7) is 0. The van der Waals surface area contributed by atoms with Crippen LogP contribution in [0.2, 0.25) is 5.02 Å². The van der Waals surface area contributed by atoms with Crippen molar-refractivity contribution in [2.75, 3.05) is 0 Å². The first-order chi connectivity index (χ1) is 8.20. The number of nitrogens with zero attached hydrogens (tertiary/aromatic N) is 1. The predicted molar refractivity (Wildman–Crippen MR) is 64.1 cm³/mol. The number of ether oxygens (including phenoxy) is 1. The van der Waals surface area contributed by atoms with Crippen LogP contribution in [0.3, 0.4) is 0 Å². The number of carbonyl (C=O) groups excluding carboxylic acids is 1. The summed E-state index contributed by atoms with van der Waals surface area (Å²) in [5, 5.41) is 9.38. The molecular weight excluding hydrogens is 238 g/mol. The molecular formula is C13H12ClNO2. The minimum atomic E-state index is -0.123. The van der Waals surface area contributed by atoms with Crippen molar-refractivity contribution in [3.63, 3.8) is 0 Å². The lowest BCUT2D eigenvalue weighted by Gasteiger charge is -2.22. The average Bonchev–Trinajstić information content (AvgIpc) is 2.29. The topological polar surface area (TPSA) is 50.1 Å². The number of benzene rings is 1. The molecule has 1 aromatic rings. The van der Waals surface area contributed by atoms with Gasteiger partial charge in [0.1, 0.15) is 29.3 Å². The molecule has 0 aliphatic heterocycles. The van der Waals surface area contributed by atoms with E-state index in [1.165, 1.54) is 0 Å². The number of nitriles is 1. The molecule has 1 saturated carbocycles. The van der Waals surface area contributed by atoms with Crippen LogP contribution in [0.1, 0.15) is 31.2 Å². The maximum atomic E-state index is 11.3. The fourth-order valence-corrected chi connectivity index (χ4v) is 2.18. The summed E-state index contributed by atoms with van der Waals surface area (Å²) in [6.07, 6.45) is 2.65. The van der Waals surface area contributed by atoms with Gasteiger partial charge >= 0.3 is 0 Å². The molecule has 0 amide bonds. The number of ketones is 1. The van der Waals surface area contributed by atoms with E-state index in [4.69, 9.17) is 21.6 Å². The zero-order valence-electron chi connectivity index (χ0n) is 9.28. The summed E-state index contributed by atoms with van der Waals surface area (Å²) in [5.41, 5.74) is 0.340. The summed E-state index contributed by atoms with van der Waals surface area (Å²) in [4.78, 5) is 11.3. The van der Waals surface area contributed by atoms with E-state index in [9.17, 15) is 4.79 Å². The van der Waals surface area contributed by atoms with Crippen molar-refractivity contribution in [2.45, 2.75) is 31.8 Å². The zero-order chi connectivity index (χ0) is 12.3. The average molecular weight is 250 g/mol. The first-order valence-electron chi connectivity index (χ1n) is 5.57. The molecule has 88 valence electrons. The predicted octanol–water partition coefficient (Wildman–Crippen LogP) is 3.10. The summed E-state index contributed by atoms with van der Waals surface area (Å²) >= 11 is 5.91. The largest absolute Gasteiger partial charge is 0.489 e. The molecule has 1 unspecified atom stereocenters. The van der Waals surface area contributed by atoms with Crippen molar-refractivity contribution in [3.8, 4) is 11.8 Å². The molecule has 0 spiro atoms. The van der Waals surface area contributed by atoms with E-state index in [1.54, 1.807) is 18.2 Å². The van der Waals surface area contributed by atoms with E-state index in [1.807, 2.05) is 6.07 Å². The van der Waals surface area contributed by atoms with Gasteiger partial charge in [-0.25, -0.2) is 0 Å². The number of rotatable bonds is 2. The van der Waals surface area contributed by atoms with E-state index >= 15 is 0 Å². The van der Waals surface area contributed by atoms with Crippen LogP contribution in [0.4, 0.5) is 0 Å². The molecule has 0 radical (unpaired) electrons. The summed E-state index contributed by atoms with van der Waals surface area (Å²) in [7, 11) is 0. The lowest BCUT2D eigenvalue weighted by Crippen LogP contribution is -2.25. The Balaban J connectivity index is 2.16. The molecule has 0 aromatic heterocycles. The summed E-state index contributed by atoms with van der Waals surface area (Å²) in [6, 6.07) is 7.13. The Morgan fingerprint density at radius 1 is 1.47 bits per heavy atom. The fraction of sp³-hybridized carbons (Fsp3) is 0.385. The minimum absolute atomic E-state index is 0.123. The van der Waals surface area contributed by atoms with Crippen LogP contribution < -0.4 is 4.74 Å². The SMILES string of the molecule is N#Cc1c(Cl)cccc1OC1CCCC(=O)C1. The van der Waals surface area contributed by atoms with Crippen LogP contribution in [-0.4, -0.2) is 11.9 Å². The smallest absolute Gasteiger partial charge is 0.139 e. The molecule has 1 aromatic carbocycles. The second-order valence-electron chi connectivity index (χ2n) is 4.10. The molecule has 0 heterocycles. The van der Waals surface area contributed by atoms with Gasteiger partial charge in [-0.15, -0.1) is 0 Å². The molecule has 0 saturated heterocycles. The van der Waals surface area contributed by atoms with Crippen molar-refractivity contribution in [3.05, 3.63) is 28.8 Å². The fourth-order valence-electron chi connectivity index (χ4n) is 1.98. The van der Waals surface area contributed by atoms with Gasteiger partial charge in [0.15, 0.2) is 0 Å². The first-order valence-corrected chi connectivity index (χ1v) is 5.95. The standard InChI is InChI=1S/C13H12ClNO2/c14-12-5-2-6-13(11(12)8-15)17-10-4-1-3-9(16)7-10/h2,5-6,10H,1,3-4,7H2. The third-order valence-corrected chi connectivity index (χ3v) is 3.13. The Morgan fingerprint density at radius 2 is 2.29 bits per heavy atom. The normalized spacial score (nSPS) is 19.8. The molecule has 0 N–H and O–H groups in total. The van der Waals surface area contributed by atoms with E-state index in [0.29, 0.717) is 29.2 Å². The van der Waals surface area contributed by atoms with E-state index in [-0.39, 0.29) is 11.9 Å². The van der Waals surface area contributed by atoms with Gasteiger partial charge in [-0.1, -0.05) is 17.7 Å². The zero-order valence-corrected chi connectivity index (χ0v) is 10.0. The third kappa shape index (κ3) is 2.78. The lowest BCUT2D eigenvalue weighted by atomic mass is 9.96. The van der Waals surface area contributed by atoms with Crippen LogP contribution >= 0.6 is 11.6 Å². The number of hydrogen-bond acceptors (Lipinski definition) is 3. The second-order valence-corrected chi connectivity index (χ2v) is 4.51. The molecule has 1 aliphatic carbocycles.